The number of aromatic nitrogens is 3. The van der Waals surface area contributed by atoms with Crippen LogP contribution in [0.4, 0.5) is 5.69 Å². The second-order valence-electron chi connectivity index (χ2n) is 8.48. The van der Waals surface area contributed by atoms with E-state index in [1.165, 1.54) is 11.3 Å². The molecule has 1 N–H and O–H groups in total. The number of aliphatic imine (C=N–C) groups is 1. The van der Waals surface area contributed by atoms with E-state index in [-0.39, 0.29) is 5.91 Å². The largest absolute Gasteiger partial charge is 0.352 e. The monoisotopic (exact) mass is 401 g/mol. The van der Waals surface area contributed by atoms with Crippen molar-refractivity contribution in [3.8, 4) is 0 Å². The van der Waals surface area contributed by atoms with Crippen LogP contribution in [-0.4, -0.2) is 32.8 Å². The maximum Gasteiger partial charge on any atom is 0.255 e. The number of hydrogen-bond donors (Lipinski definition) is 1. The van der Waals surface area contributed by atoms with Gasteiger partial charge >= 0.3 is 0 Å². The van der Waals surface area contributed by atoms with E-state index in [4.69, 9.17) is 4.99 Å². The van der Waals surface area contributed by atoms with E-state index < -0.39 is 0 Å². The Bertz CT molecular complexity index is 1110. The van der Waals surface area contributed by atoms with Gasteiger partial charge in [0.2, 0.25) is 0 Å². The summed E-state index contributed by atoms with van der Waals surface area (Å²) in [5.41, 5.74) is 4.91. The van der Waals surface area contributed by atoms with Crippen LogP contribution in [0.2, 0.25) is 0 Å². The second-order valence-corrected chi connectivity index (χ2v) is 8.48. The molecular weight excluding hydrogens is 374 g/mol. The molecule has 30 heavy (non-hydrogen) atoms. The van der Waals surface area contributed by atoms with Gasteiger partial charge < -0.3 is 5.32 Å². The van der Waals surface area contributed by atoms with Crippen LogP contribution >= 0.6 is 0 Å². The van der Waals surface area contributed by atoms with Gasteiger partial charge in [0.05, 0.1) is 11.3 Å². The zero-order valence-corrected chi connectivity index (χ0v) is 17.3. The van der Waals surface area contributed by atoms with Crippen molar-refractivity contribution in [2.24, 2.45) is 10.9 Å². The van der Waals surface area contributed by atoms with Crippen LogP contribution in [0.5, 0.6) is 0 Å². The standard InChI is InChI=1S/C24H27N5O/c1-16-10-11-17-6-2-3-8-21(17)26-20(16)9-4-14-25-24(30)19-7-5-15-29-22(18-12-13-18)27-28-23(19)29/h2-3,5-8,15-16,18H,4,9-14H2,1H3,(H,25,30). The zero-order chi connectivity index (χ0) is 20.5. The van der Waals surface area contributed by atoms with Gasteiger partial charge in [0.1, 0.15) is 5.82 Å². The number of carbonyl (C=O) groups is 1. The summed E-state index contributed by atoms with van der Waals surface area (Å²) in [7, 11) is 0. The van der Waals surface area contributed by atoms with Gasteiger partial charge in [-0.15, -0.1) is 10.2 Å². The Kier molecular flexibility index (Phi) is 5.07. The average molecular weight is 402 g/mol. The molecule has 2 aromatic heterocycles. The molecule has 1 atom stereocenters. The first-order chi connectivity index (χ1) is 14.7. The van der Waals surface area contributed by atoms with E-state index >= 15 is 0 Å². The minimum atomic E-state index is -0.0865. The van der Waals surface area contributed by atoms with E-state index in [1.54, 1.807) is 0 Å². The molecule has 1 amide bonds. The number of nitrogens with zero attached hydrogens (tertiary/aromatic N) is 4. The SMILES string of the molecule is CC1CCc2ccccc2N=C1CCCNC(=O)c1cccn2c(C3CC3)nnc12. The fourth-order valence-corrected chi connectivity index (χ4v) is 4.23. The lowest BCUT2D eigenvalue weighted by Gasteiger charge is -2.12. The number of hydrogen-bond acceptors (Lipinski definition) is 4. The van der Waals surface area contributed by atoms with Crippen molar-refractivity contribution in [2.45, 2.75) is 51.4 Å². The summed E-state index contributed by atoms with van der Waals surface area (Å²) in [4.78, 5) is 17.7. The molecule has 3 heterocycles. The average Bonchev–Trinajstić information content (AvgIpc) is 3.54. The number of rotatable bonds is 6. The molecule has 1 fully saturated rings. The van der Waals surface area contributed by atoms with Crippen LogP contribution < -0.4 is 5.32 Å². The smallest absolute Gasteiger partial charge is 0.255 e. The summed E-state index contributed by atoms with van der Waals surface area (Å²) < 4.78 is 1.96. The molecule has 1 aliphatic heterocycles. The molecule has 0 saturated heterocycles. The van der Waals surface area contributed by atoms with E-state index in [0.29, 0.717) is 29.6 Å². The molecule has 0 spiro atoms. The molecule has 1 aromatic carbocycles. The molecule has 3 aromatic rings. The Hall–Kier alpha value is -3.02. The van der Waals surface area contributed by atoms with Crippen molar-refractivity contribution in [1.82, 2.24) is 19.9 Å². The molecule has 2 aliphatic rings. The topological polar surface area (TPSA) is 71.7 Å². The lowest BCUT2D eigenvalue weighted by Crippen LogP contribution is -2.26. The van der Waals surface area contributed by atoms with Crippen molar-refractivity contribution < 1.29 is 4.79 Å². The highest BCUT2D eigenvalue weighted by molar-refractivity contribution is 5.99. The summed E-state index contributed by atoms with van der Waals surface area (Å²) >= 11 is 0. The van der Waals surface area contributed by atoms with Crippen LogP contribution in [0.25, 0.3) is 5.65 Å². The predicted molar refractivity (Wildman–Crippen MR) is 118 cm³/mol. The van der Waals surface area contributed by atoms with Crippen LogP contribution in [0.3, 0.4) is 0 Å². The van der Waals surface area contributed by atoms with E-state index in [0.717, 1.165) is 50.0 Å². The van der Waals surface area contributed by atoms with Gasteiger partial charge in [-0.05, 0) is 68.2 Å². The molecule has 154 valence electrons. The molecule has 0 radical (unpaired) electrons. The summed E-state index contributed by atoms with van der Waals surface area (Å²) in [6.07, 6.45) is 8.24. The summed E-state index contributed by atoms with van der Waals surface area (Å²) in [6, 6.07) is 12.1. The summed E-state index contributed by atoms with van der Waals surface area (Å²) in [5, 5.41) is 11.6. The third-order valence-corrected chi connectivity index (χ3v) is 6.21. The molecule has 1 unspecified atom stereocenters. The van der Waals surface area contributed by atoms with Crippen molar-refractivity contribution in [1.29, 1.82) is 0 Å². The van der Waals surface area contributed by atoms with Gasteiger partial charge in [0.25, 0.3) is 5.91 Å². The first kappa shape index (κ1) is 19.0. The number of carbonyl (C=O) groups excluding carboxylic acids is 1. The number of aryl methyl sites for hydroxylation is 1. The van der Waals surface area contributed by atoms with Gasteiger partial charge in [-0.1, -0.05) is 25.1 Å². The van der Waals surface area contributed by atoms with Crippen molar-refractivity contribution >= 4 is 23.0 Å². The molecule has 1 saturated carbocycles. The number of benzene rings is 1. The minimum absolute atomic E-state index is 0.0865. The highest BCUT2D eigenvalue weighted by Crippen LogP contribution is 2.39. The van der Waals surface area contributed by atoms with Crippen molar-refractivity contribution in [3.63, 3.8) is 0 Å². The second kappa shape index (κ2) is 8.01. The Morgan fingerprint density at radius 3 is 2.87 bits per heavy atom. The highest BCUT2D eigenvalue weighted by Gasteiger charge is 2.29. The van der Waals surface area contributed by atoms with E-state index in [2.05, 4.69) is 46.7 Å². The van der Waals surface area contributed by atoms with Crippen molar-refractivity contribution in [2.75, 3.05) is 6.54 Å². The Morgan fingerprint density at radius 1 is 1.13 bits per heavy atom. The number of pyridine rings is 1. The summed E-state index contributed by atoms with van der Waals surface area (Å²) in [5.74, 6) is 1.85. The molecule has 6 heteroatoms. The third-order valence-electron chi connectivity index (χ3n) is 6.21. The normalized spacial score (nSPS) is 18.6. The Morgan fingerprint density at radius 2 is 2.00 bits per heavy atom. The predicted octanol–water partition coefficient (Wildman–Crippen LogP) is 4.47. The first-order valence-corrected chi connectivity index (χ1v) is 11.0. The molecule has 5 rings (SSSR count). The lowest BCUT2D eigenvalue weighted by molar-refractivity contribution is 0.0954. The quantitative estimate of drug-likeness (QED) is 0.620. The highest BCUT2D eigenvalue weighted by atomic mass is 16.1. The molecule has 1 aliphatic carbocycles. The Labute approximate surface area is 176 Å². The van der Waals surface area contributed by atoms with Crippen LogP contribution in [0.1, 0.15) is 66.7 Å². The van der Waals surface area contributed by atoms with Gasteiger partial charge in [0, 0.05) is 24.4 Å². The minimum Gasteiger partial charge on any atom is -0.352 e. The molecule has 0 bridgehead atoms. The lowest BCUT2D eigenvalue weighted by atomic mass is 9.95. The molecular formula is C24H27N5O. The zero-order valence-electron chi connectivity index (χ0n) is 17.3. The maximum absolute atomic E-state index is 12.8. The van der Waals surface area contributed by atoms with Gasteiger partial charge in [-0.2, -0.15) is 0 Å². The number of nitrogens with one attached hydrogen (secondary N) is 1. The first-order valence-electron chi connectivity index (χ1n) is 11.0. The third kappa shape index (κ3) is 3.74. The van der Waals surface area contributed by atoms with Gasteiger partial charge in [-0.3, -0.25) is 14.2 Å². The summed E-state index contributed by atoms with van der Waals surface area (Å²) in [6.45, 7) is 2.88. The van der Waals surface area contributed by atoms with E-state index in [1.807, 2.05) is 22.7 Å². The Balaban J connectivity index is 1.22. The van der Waals surface area contributed by atoms with Gasteiger partial charge in [0.15, 0.2) is 5.65 Å². The van der Waals surface area contributed by atoms with Crippen LogP contribution in [-0.2, 0) is 6.42 Å². The van der Waals surface area contributed by atoms with Crippen molar-refractivity contribution in [3.05, 3.63) is 59.5 Å². The van der Waals surface area contributed by atoms with E-state index in [9.17, 15) is 4.79 Å². The fraction of sp³-hybridized carbons (Fsp3) is 0.417. The van der Waals surface area contributed by atoms with Crippen LogP contribution in [0.15, 0.2) is 47.6 Å². The number of fused-ring (bicyclic) bond motifs is 2. The fourth-order valence-electron chi connectivity index (χ4n) is 4.23. The maximum atomic E-state index is 12.8. The van der Waals surface area contributed by atoms with Gasteiger partial charge in [-0.25, -0.2) is 0 Å². The molecule has 6 nitrogen and oxygen atoms in total. The van der Waals surface area contributed by atoms with Crippen LogP contribution in [0, 0.1) is 5.92 Å². The number of amides is 1. The number of para-hydroxylation sites is 1.